The number of allylic oxidation sites excluding steroid dienone is 1. The van der Waals surface area contributed by atoms with Gasteiger partial charge in [0.25, 0.3) is 0 Å². The fraction of sp³-hybridized carbons (Fsp3) is 0.488. The molecule has 308 valence electrons. The second kappa shape index (κ2) is 17.1. The number of aromatic nitrogens is 2. The Morgan fingerprint density at radius 1 is 0.793 bits per heavy atom. The van der Waals surface area contributed by atoms with E-state index in [-0.39, 0.29) is 42.3 Å². The number of hydrogen-bond donors (Lipinski definition) is 3. The Hall–Kier alpha value is -5.54. The molecule has 4 aliphatic heterocycles. The van der Waals surface area contributed by atoms with E-state index < -0.39 is 30.1 Å². The Labute approximate surface area is 338 Å². The Bertz CT molecular complexity index is 2050. The van der Waals surface area contributed by atoms with Gasteiger partial charge in [-0.3, -0.25) is 14.6 Å². The van der Waals surface area contributed by atoms with Crippen LogP contribution >= 0.6 is 0 Å². The Morgan fingerprint density at radius 2 is 1.34 bits per heavy atom. The molecule has 0 bridgehead atoms. The lowest BCUT2D eigenvalue weighted by atomic mass is 9.95. The molecule has 15 nitrogen and oxygen atoms in total. The summed E-state index contributed by atoms with van der Waals surface area (Å²) in [5, 5.41) is 5.40. The third-order valence-electron chi connectivity index (χ3n) is 11.5. The lowest BCUT2D eigenvalue weighted by molar-refractivity contribution is -0.153. The largest absolute Gasteiger partial charge is 0.453 e. The summed E-state index contributed by atoms with van der Waals surface area (Å²) in [6.07, 6.45) is 5.04. The number of aromatic amines is 1. The maximum atomic E-state index is 14.0. The minimum atomic E-state index is -0.893. The normalized spacial score (nSPS) is 21.0. The summed E-state index contributed by atoms with van der Waals surface area (Å²) in [6, 6.07) is 14.6. The number of likely N-dealkylation sites (tertiary alicyclic amines) is 2. The molecule has 5 heterocycles. The van der Waals surface area contributed by atoms with E-state index in [1.54, 1.807) is 16.0 Å². The third kappa shape index (κ3) is 8.37. The van der Waals surface area contributed by atoms with Crippen molar-refractivity contribution in [3.05, 3.63) is 72.3 Å². The van der Waals surface area contributed by atoms with Gasteiger partial charge in [-0.25, -0.2) is 14.6 Å². The van der Waals surface area contributed by atoms with Crippen LogP contribution in [-0.2, 0) is 28.5 Å². The standard InChI is InChI=1S/C43H53N7O8/c1-25(2)36(47-41(53)55-5)39(51)49-17-7-8-34(49)38-45-23-33(46-38)30-15-13-28(14-16-30)27-9-11-29(12-10-27)31-20-32(44-22-31)35-21-43(57-18-19-58-43)24-50(35)40(52)37(26(3)4)48-42(54)56-6/h9-16,22-23,25-26,34-37H,7-8,17-21,24H2,1-6H3,(H,45,46)(H,47,53)(H,48,54)/t34-,35-,36-,37-/m0/s1. The molecule has 2 aromatic carbocycles. The van der Waals surface area contributed by atoms with Gasteiger partial charge in [0, 0.05) is 31.3 Å². The van der Waals surface area contributed by atoms with Crippen LogP contribution in [0.2, 0.25) is 0 Å². The zero-order valence-electron chi connectivity index (χ0n) is 33.9. The molecule has 4 atom stereocenters. The first-order valence-electron chi connectivity index (χ1n) is 20.0. The number of alkyl carbamates (subject to hydrolysis) is 2. The first-order chi connectivity index (χ1) is 27.9. The molecule has 1 spiro atoms. The number of nitrogens with zero attached hydrogens (tertiary/aromatic N) is 4. The van der Waals surface area contributed by atoms with Crippen molar-refractivity contribution in [3.63, 3.8) is 0 Å². The average Bonchev–Trinajstić information content (AvgIpc) is 4.09. The van der Waals surface area contributed by atoms with Crippen LogP contribution < -0.4 is 10.6 Å². The van der Waals surface area contributed by atoms with Crippen LogP contribution in [0.4, 0.5) is 9.59 Å². The molecule has 4 amide bonds. The highest BCUT2D eigenvalue weighted by atomic mass is 16.7. The summed E-state index contributed by atoms with van der Waals surface area (Å²) in [5.74, 6) is -0.820. The number of H-pyrrole nitrogens is 1. The van der Waals surface area contributed by atoms with E-state index in [0.29, 0.717) is 32.6 Å². The number of methoxy groups -OCH3 is 2. The van der Waals surface area contributed by atoms with Gasteiger partial charge in [-0.05, 0) is 52.5 Å². The van der Waals surface area contributed by atoms with Gasteiger partial charge in [0.15, 0.2) is 5.79 Å². The van der Waals surface area contributed by atoms with Crippen LogP contribution in [0, 0.1) is 11.8 Å². The highest BCUT2D eigenvalue weighted by molar-refractivity contribution is 6.04. The number of aliphatic imine (C=N–C) groups is 1. The van der Waals surface area contributed by atoms with Gasteiger partial charge in [-0.15, -0.1) is 0 Å². The van der Waals surface area contributed by atoms with Crippen molar-refractivity contribution in [2.45, 2.75) is 83.3 Å². The Balaban J connectivity index is 0.996. The van der Waals surface area contributed by atoms with Crippen molar-refractivity contribution >= 4 is 35.3 Å². The van der Waals surface area contributed by atoms with Crippen LogP contribution in [0.5, 0.6) is 0 Å². The number of amides is 4. The van der Waals surface area contributed by atoms with Gasteiger partial charge in [0.1, 0.15) is 17.9 Å². The second-order valence-electron chi connectivity index (χ2n) is 16.0. The highest BCUT2D eigenvalue weighted by Gasteiger charge is 2.53. The number of benzene rings is 2. The van der Waals surface area contributed by atoms with Crippen molar-refractivity contribution in [1.29, 1.82) is 0 Å². The molecule has 58 heavy (non-hydrogen) atoms. The average molecular weight is 796 g/mol. The fourth-order valence-electron chi connectivity index (χ4n) is 8.34. The second-order valence-corrected chi connectivity index (χ2v) is 16.0. The SMILES string of the molecule is COC(=O)N[C@H](C(=O)N1CC2(C[C@H]1C1=NC=C(c3ccc(-c4ccc(-c5cnc([C@@H]6CCCN6C(=O)[C@@H](NC(=O)OC)C(C)C)[nH]5)cc4)cc3)C1)OCCO2)C(C)C. The van der Waals surface area contributed by atoms with E-state index in [2.05, 4.69) is 69.1 Å². The van der Waals surface area contributed by atoms with Crippen molar-refractivity contribution < 1.29 is 38.1 Å². The molecular weight excluding hydrogens is 743 g/mol. The summed E-state index contributed by atoms with van der Waals surface area (Å²) in [6.45, 7) is 9.33. The van der Waals surface area contributed by atoms with Crippen LogP contribution in [0.15, 0.2) is 65.9 Å². The number of nitrogens with one attached hydrogen (secondary N) is 3. The minimum Gasteiger partial charge on any atom is -0.453 e. The molecule has 3 aromatic rings. The summed E-state index contributed by atoms with van der Waals surface area (Å²) >= 11 is 0. The summed E-state index contributed by atoms with van der Waals surface area (Å²) in [4.78, 5) is 68.1. The van der Waals surface area contributed by atoms with E-state index in [4.69, 9.17) is 23.9 Å². The summed E-state index contributed by atoms with van der Waals surface area (Å²) in [5.41, 5.74) is 6.87. The number of hydrogen-bond acceptors (Lipinski definition) is 10. The molecule has 4 aliphatic rings. The molecule has 0 radical (unpaired) electrons. The minimum absolute atomic E-state index is 0.109. The number of rotatable bonds is 11. The number of imidazole rings is 1. The Kier molecular flexibility index (Phi) is 12.0. The molecule has 0 unspecified atom stereocenters. The van der Waals surface area contributed by atoms with E-state index >= 15 is 0 Å². The van der Waals surface area contributed by atoms with Crippen molar-refractivity contribution in [2.24, 2.45) is 16.8 Å². The first kappa shape index (κ1) is 40.6. The van der Waals surface area contributed by atoms with E-state index in [1.165, 1.54) is 14.2 Å². The molecule has 7 rings (SSSR count). The topological polar surface area (TPSA) is 177 Å². The molecule has 3 saturated heterocycles. The number of ether oxygens (including phenoxy) is 4. The summed E-state index contributed by atoms with van der Waals surface area (Å²) in [7, 11) is 2.57. The molecule has 0 aliphatic carbocycles. The van der Waals surface area contributed by atoms with Crippen molar-refractivity contribution in [1.82, 2.24) is 30.4 Å². The molecule has 3 fully saturated rings. The monoisotopic (exact) mass is 795 g/mol. The van der Waals surface area contributed by atoms with Crippen molar-refractivity contribution in [2.75, 3.05) is 40.5 Å². The van der Waals surface area contributed by atoms with Gasteiger partial charge < -0.3 is 44.4 Å². The van der Waals surface area contributed by atoms with E-state index in [9.17, 15) is 19.2 Å². The first-order valence-corrected chi connectivity index (χ1v) is 20.0. The zero-order chi connectivity index (χ0) is 41.1. The zero-order valence-corrected chi connectivity index (χ0v) is 33.9. The lowest BCUT2D eigenvalue weighted by Crippen LogP contribution is -2.54. The maximum absolute atomic E-state index is 14.0. The lowest BCUT2D eigenvalue weighted by Gasteiger charge is -2.31. The highest BCUT2D eigenvalue weighted by Crippen LogP contribution is 2.39. The van der Waals surface area contributed by atoms with Crippen LogP contribution in [0.3, 0.4) is 0 Å². The quantitative estimate of drug-likeness (QED) is 0.220. The van der Waals surface area contributed by atoms with Crippen molar-refractivity contribution in [3.8, 4) is 22.4 Å². The smallest absolute Gasteiger partial charge is 0.407 e. The van der Waals surface area contributed by atoms with Crippen LogP contribution in [-0.4, -0.2) is 114 Å². The van der Waals surface area contributed by atoms with Gasteiger partial charge in [0.05, 0.1) is 58.0 Å². The predicted octanol–water partition coefficient (Wildman–Crippen LogP) is 5.70. The maximum Gasteiger partial charge on any atom is 0.407 e. The fourth-order valence-corrected chi connectivity index (χ4v) is 8.34. The molecular formula is C43H53N7O8. The molecule has 1 aromatic heterocycles. The number of carbonyl (C=O) groups is 4. The Morgan fingerprint density at radius 3 is 1.91 bits per heavy atom. The predicted molar refractivity (Wildman–Crippen MR) is 216 cm³/mol. The van der Waals surface area contributed by atoms with Crippen LogP contribution in [0.25, 0.3) is 28.0 Å². The molecule has 0 saturated carbocycles. The molecule has 15 heteroatoms. The molecule has 3 N–H and O–H groups in total. The van der Waals surface area contributed by atoms with Gasteiger partial charge in [0.2, 0.25) is 11.8 Å². The van der Waals surface area contributed by atoms with Crippen LogP contribution in [0.1, 0.15) is 70.8 Å². The number of carbonyl (C=O) groups excluding carboxylic acids is 4. The van der Waals surface area contributed by atoms with E-state index in [1.807, 2.05) is 33.9 Å². The summed E-state index contributed by atoms with van der Waals surface area (Å²) < 4.78 is 21.6. The third-order valence-corrected chi connectivity index (χ3v) is 11.5. The van der Waals surface area contributed by atoms with E-state index in [0.717, 1.165) is 57.9 Å². The van der Waals surface area contributed by atoms with Gasteiger partial charge >= 0.3 is 12.2 Å². The van der Waals surface area contributed by atoms with Gasteiger partial charge in [-0.2, -0.15) is 0 Å². The van der Waals surface area contributed by atoms with Gasteiger partial charge in [-0.1, -0.05) is 76.2 Å².